The minimum atomic E-state index is -0.459. The van der Waals surface area contributed by atoms with Crippen molar-refractivity contribution >= 4 is 66.1 Å². The van der Waals surface area contributed by atoms with E-state index in [1.54, 1.807) is 0 Å². The van der Waals surface area contributed by atoms with E-state index in [0.29, 0.717) is 5.84 Å². The van der Waals surface area contributed by atoms with Crippen molar-refractivity contribution in [3.63, 3.8) is 0 Å². The number of amidine groups is 2. The Labute approximate surface area is 311 Å². The molecule has 1 atom stereocenters. The molecule has 0 aliphatic carbocycles. The van der Waals surface area contributed by atoms with Crippen LogP contribution in [0.4, 0.5) is 0 Å². The summed E-state index contributed by atoms with van der Waals surface area (Å²) in [5, 5.41) is 10.8. The van der Waals surface area contributed by atoms with Crippen LogP contribution in [0.2, 0.25) is 0 Å². The number of nitrogens with one attached hydrogen (secondary N) is 1. The lowest BCUT2D eigenvalue weighted by atomic mass is 10.1. The van der Waals surface area contributed by atoms with Crippen LogP contribution in [0.5, 0.6) is 0 Å². The van der Waals surface area contributed by atoms with Crippen LogP contribution < -0.4 is 5.32 Å². The second kappa shape index (κ2) is 12.1. The fourth-order valence-electron chi connectivity index (χ4n) is 8.05. The standard InChI is InChI=1S/C48H32N6/c1-3-15-32(16-4-1)46-50-47(34-27-26-31-14-7-8-17-33(31)28-34)52-48(51-46)40-22-13-25-45(49-40)54-42-24-12-10-21-37(42)39-29-38-36-20-9-11-23-41(36)53(43(38)30-44(39)54)35-18-5-2-6-19-35/h1-30,48H,(H,50,51,52). The molecular weight excluding hydrogens is 661 g/mol. The van der Waals surface area contributed by atoms with Gasteiger partial charge in [-0.15, -0.1) is 0 Å². The first-order chi connectivity index (χ1) is 26.8. The summed E-state index contributed by atoms with van der Waals surface area (Å²) in [6.45, 7) is 0. The quantitative estimate of drug-likeness (QED) is 0.195. The van der Waals surface area contributed by atoms with Gasteiger partial charge in [0, 0.05) is 38.4 Å². The SMILES string of the molecule is c1ccc(C2=NC(c3cccc(-n4c5ccccc5c5cc6c7ccccc7n(-c7ccccc7)c6cc54)n3)NC(c3ccc4ccccc4c3)=N2)cc1. The lowest BCUT2D eigenvalue weighted by Crippen LogP contribution is -2.34. The highest BCUT2D eigenvalue weighted by Gasteiger charge is 2.24. The van der Waals surface area contributed by atoms with Crippen LogP contribution in [0.25, 0.3) is 65.9 Å². The molecule has 1 unspecified atom stereocenters. The molecule has 0 amide bonds. The van der Waals surface area contributed by atoms with Gasteiger partial charge >= 0.3 is 0 Å². The summed E-state index contributed by atoms with van der Waals surface area (Å²) in [6, 6.07) is 63.9. The third-order valence-corrected chi connectivity index (χ3v) is 10.5. The summed E-state index contributed by atoms with van der Waals surface area (Å²) >= 11 is 0. The monoisotopic (exact) mass is 692 g/mol. The van der Waals surface area contributed by atoms with Crippen molar-refractivity contribution in [2.45, 2.75) is 6.17 Å². The van der Waals surface area contributed by atoms with Gasteiger partial charge in [0.25, 0.3) is 0 Å². The van der Waals surface area contributed by atoms with Crippen molar-refractivity contribution in [1.82, 2.24) is 19.4 Å². The molecule has 7 aromatic carbocycles. The number of para-hydroxylation sites is 3. The van der Waals surface area contributed by atoms with E-state index in [1.807, 2.05) is 18.2 Å². The largest absolute Gasteiger partial charge is 0.343 e. The summed E-state index contributed by atoms with van der Waals surface area (Å²) in [5.74, 6) is 2.26. The molecule has 10 aromatic rings. The molecule has 0 spiro atoms. The first-order valence-corrected chi connectivity index (χ1v) is 18.2. The number of hydrogen-bond donors (Lipinski definition) is 1. The number of fused-ring (bicyclic) bond motifs is 7. The molecule has 0 radical (unpaired) electrons. The van der Waals surface area contributed by atoms with Crippen LogP contribution in [0, 0.1) is 0 Å². The van der Waals surface area contributed by atoms with Crippen LogP contribution in [0.1, 0.15) is 23.0 Å². The average molecular weight is 693 g/mol. The van der Waals surface area contributed by atoms with Crippen molar-refractivity contribution in [1.29, 1.82) is 0 Å². The number of hydrogen-bond acceptors (Lipinski definition) is 4. The van der Waals surface area contributed by atoms with Gasteiger partial charge in [0.15, 0.2) is 12.0 Å². The summed E-state index contributed by atoms with van der Waals surface area (Å²) < 4.78 is 4.67. The van der Waals surface area contributed by atoms with Crippen molar-refractivity contribution < 1.29 is 0 Å². The first-order valence-electron chi connectivity index (χ1n) is 18.2. The van der Waals surface area contributed by atoms with Gasteiger partial charge in [0.05, 0.1) is 27.8 Å². The predicted molar refractivity (Wildman–Crippen MR) is 222 cm³/mol. The van der Waals surface area contributed by atoms with E-state index >= 15 is 0 Å². The molecule has 11 rings (SSSR count). The summed E-state index contributed by atoms with van der Waals surface area (Å²) in [6.07, 6.45) is -0.459. The molecule has 0 bridgehead atoms. The molecule has 6 nitrogen and oxygen atoms in total. The Balaban J connectivity index is 1.09. The smallest absolute Gasteiger partial charge is 0.165 e. The van der Waals surface area contributed by atoms with E-state index in [1.165, 1.54) is 32.4 Å². The minimum Gasteiger partial charge on any atom is -0.343 e. The Bertz CT molecular complexity index is 3130. The molecule has 4 heterocycles. The zero-order valence-corrected chi connectivity index (χ0v) is 29.1. The van der Waals surface area contributed by atoms with Crippen molar-refractivity contribution in [3.8, 4) is 11.5 Å². The maximum atomic E-state index is 5.38. The van der Waals surface area contributed by atoms with E-state index in [4.69, 9.17) is 15.0 Å². The van der Waals surface area contributed by atoms with Gasteiger partial charge in [-0.3, -0.25) is 4.57 Å². The van der Waals surface area contributed by atoms with Gasteiger partial charge in [-0.2, -0.15) is 0 Å². The molecule has 54 heavy (non-hydrogen) atoms. The molecule has 1 N–H and O–H groups in total. The van der Waals surface area contributed by atoms with Crippen LogP contribution in [-0.2, 0) is 0 Å². The second-order valence-corrected chi connectivity index (χ2v) is 13.7. The van der Waals surface area contributed by atoms with Crippen LogP contribution in [0.15, 0.2) is 192 Å². The van der Waals surface area contributed by atoms with E-state index in [-0.39, 0.29) is 0 Å². The second-order valence-electron chi connectivity index (χ2n) is 13.7. The van der Waals surface area contributed by atoms with Gasteiger partial charge in [-0.1, -0.05) is 127 Å². The third-order valence-electron chi connectivity index (χ3n) is 10.5. The number of nitrogens with zero attached hydrogens (tertiary/aromatic N) is 5. The Morgan fingerprint density at radius 2 is 1.09 bits per heavy atom. The fraction of sp³-hybridized carbons (Fsp3) is 0.0208. The van der Waals surface area contributed by atoms with Gasteiger partial charge in [0.2, 0.25) is 0 Å². The topological polar surface area (TPSA) is 59.5 Å². The Kier molecular flexibility index (Phi) is 6.82. The van der Waals surface area contributed by atoms with Gasteiger partial charge in [-0.25, -0.2) is 15.0 Å². The highest BCUT2D eigenvalue weighted by molar-refractivity contribution is 6.19. The molecule has 3 aromatic heterocycles. The van der Waals surface area contributed by atoms with E-state index in [2.05, 4.69) is 178 Å². The molecule has 254 valence electrons. The fourth-order valence-corrected chi connectivity index (χ4v) is 8.05. The van der Waals surface area contributed by atoms with Gasteiger partial charge in [0.1, 0.15) is 11.7 Å². The number of aromatic nitrogens is 3. The van der Waals surface area contributed by atoms with E-state index < -0.39 is 6.17 Å². The van der Waals surface area contributed by atoms with Crippen molar-refractivity contribution in [2.24, 2.45) is 9.98 Å². The lowest BCUT2D eigenvalue weighted by Gasteiger charge is -2.23. The third kappa shape index (κ3) is 4.85. The number of pyridine rings is 1. The number of aliphatic imine (C=N–C) groups is 2. The molecule has 0 fully saturated rings. The zero-order valence-electron chi connectivity index (χ0n) is 29.1. The Morgan fingerprint density at radius 3 is 1.87 bits per heavy atom. The van der Waals surface area contributed by atoms with Gasteiger partial charge in [-0.05, 0) is 65.4 Å². The Hall–Kier alpha value is -7.31. The van der Waals surface area contributed by atoms with Crippen molar-refractivity contribution in [2.75, 3.05) is 0 Å². The molecule has 0 saturated carbocycles. The maximum absolute atomic E-state index is 5.38. The molecule has 1 aliphatic rings. The van der Waals surface area contributed by atoms with Crippen LogP contribution in [-0.4, -0.2) is 25.8 Å². The maximum Gasteiger partial charge on any atom is 0.165 e. The normalized spacial score (nSPS) is 14.5. The van der Waals surface area contributed by atoms with Crippen LogP contribution in [0.3, 0.4) is 0 Å². The summed E-state index contributed by atoms with van der Waals surface area (Å²) in [5.41, 5.74) is 8.42. The highest BCUT2D eigenvalue weighted by atomic mass is 15.2. The molecular formula is C48H32N6. The molecule has 6 heteroatoms. The number of benzene rings is 7. The summed E-state index contributed by atoms with van der Waals surface area (Å²) in [4.78, 5) is 15.6. The minimum absolute atomic E-state index is 0.459. The van der Waals surface area contributed by atoms with Crippen LogP contribution >= 0.6 is 0 Å². The highest BCUT2D eigenvalue weighted by Crippen LogP contribution is 2.39. The summed E-state index contributed by atoms with van der Waals surface area (Å²) in [7, 11) is 0. The zero-order chi connectivity index (χ0) is 35.6. The van der Waals surface area contributed by atoms with Crippen molar-refractivity contribution in [3.05, 3.63) is 199 Å². The first kappa shape index (κ1) is 30.3. The average Bonchev–Trinajstić information content (AvgIpc) is 3.75. The van der Waals surface area contributed by atoms with E-state index in [0.717, 1.165) is 56.1 Å². The molecule has 1 aliphatic heterocycles. The van der Waals surface area contributed by atoms with Gasteiger partial charge < -0.3 is 9.88 Å². The molecule has 0 saturated heterocycles. The lowest BCUT2D eigenvalue weighted by molar-refractivity contribution is 0.650. The number of rotatable bonds is 5. The predicted octanol–water partition coefficient (Wildman–Crippen LogP) is 10.9. The van der Waals surface area contributed by atoms with E-state index in [9.17, 15) is 0 Å². The Morgan fingerprint density at radius 1 is 0.444 bits per heavy atom.